The fourth-order valence-electron chi connectivity index (χ4n) is 3.34. The van der Waals surface area contributed by atoms with Gasteiger partial charge in [0.1, 0.15) is 11.3 Å². The third kappa shape index (κ3) is 4.41. The summed E-state index contributed by atoms with van der Waals surface area (Å²) in [6.07, 6.45) is 0.257. The van der Waals surface area contributed by atoms with Gasteiger partial charge in [0.15, 0.2) is 28.8 Å². The van der Waals surface area contributed by atoms with E-state index in [2.05, 4.69) is 10.2 Å². The molecular formula is C20H24N2O7. The second kappa shape index (κ2) is 9.06. The number of hydrogen-bond acceptors (Lipinski definition) is 8. The van der Waals surface area contributed by atoms with Crippen LogP contribution in [0.25, 0.3) is 11.0 Å². The molecule has 0 radical (unpaired) electrons. The summed E-state index contributed by atoms with van der Waals surface area (Å²) >= 11 is 0. The van der Waals surface area contributed by atoms with E-state index in [-0.39, 0.29) is 45.9 Å². The summed E-state index contributed by atoms with van der Waals surface area (Å²) in [7, 11) is 1.31. The number of carbonyl (C=O) groups excluding carboxylic acids is 2. The first kappa shape index (κ1) is 20.8. The molecule has 0 saturated carbocycles. The Kier molecular flexibility index (Phi) is 6.50. The van der Waals surface area contributed by atoms with E-state index in [4.69, 9.17) is 13.9 Å². The van der Waals surface area contributed by atoms with Crippen LogP contribution in [0.4, 0.5) is 0 Å². The maximum absolute atomic E-state index is 12.9. The van der Waals surface area contributed by atoms with E-state index in [1.165, 1.54) is 13.2 Å². The maximum atomic E-state index is 12.9. The van der Waals surface area contributed by atoms with Gasteiger partial charge in [0.2, 0.25) is 5.91 Å². The number of carbonyl (C=O) groups is 2. The number of nitrogens with one attached hydrogen (secondary N) is 1. The van der Waals surface area contributed by atoms with E-state index in [0.29, 0.717) is 32.6 Å². The van der Waals surface area contributed by atoms with Crippen molar-refractivity contribution in [3.05, 3.63) is 33.2 Å². The molecule has 1 aromatic carbocycles. The minimum atomic E-state index is -0.437. The highest BCUT2D eigenvalue weighted by molar-refractivity contribution is 5.99. The number of methoxy groups -OCH3 is 1. The number of phenolic OH excluding ortho intramolecular Hbond substituents is 1. The number of ether oxygens (including phenoxy) is 2. The van der Waals surface area contributed by atoms with Crippen LogP contribution < -0.4 is 15.5 Å². The summed E-state index contributed by atoms with van der Waals surface area (Å²) in [4.78, 5) is 38.9. The number of aromatic hydroxyl groups is 1. The van der Waals surface area contributed by atoms with Crippen molar-refractivity contribution < 1.29 is 28.6 Å². The predicted molar refractivity (Wildman–Crippen MR) is 105 cm³/mol. The van der Waals surface area contributed by atoms with E-state index in [9.17, 15) is 19.5 Å². The van der Waals surface area contributed by atoms with Gasteiger partial charge in [-0.15, -0.1) is 0 Å². The van der Waals surface area contributed by atoms with Crippen LogP contribution >= 0.6 is 0 Å². The Hall–Kier alpha value is -2.91. The standard InChI is InChI=1S/C20H24N2O7/c1-12-13(10-17(24)21-3-4-22-5-7-28-8-6-22)18(25)14-9-16(27-2)19(26)15(11-23)20(14)29-12/h9,11,26H,3-8,10H2,1-2H3,(H,21,24). The zero-order chi connectivity index (χ0) is 21.0. The number of morpholine rings is 1. The molecular weight excluding hydrogens is 380 g/mol. The number of phenols is 1. The van der Waals surface area contributed by atoms with Crippen LogP contribution in [0.5, 0.6) is 11.5 Å². The van der Waals surface area contributed by atoms with Gasteiger partial charge in [-0.3, -0.25) is 19.3 Å². The summed E-state index contributed by atoms with van der Waals surface area (Å²) in [6, 6.07) is 1.31. The Morgan fingerprint density at radius 2 is 2.10 bits per heavy atom. The average Bonchev–Trinajstić information content (AvgIpc) is 2.72. The Bertz CT molecular complexity index is 977. The highest BCUT2D eigenvalue weighted by Crippen LogP contribution is 2.35. The van der Waals surface area contributed by atoms with Crippen LogP contribution in [0.3, 0.4) is 0 Å². The van der Waals surface area contributed by atoms with Crippen LogP contribution in [-0.2, 0) is 16.0 Å². The molecule has 3 rings (SSSR count). The Morgan fingerprint density at radius 3 is 2.76 bits per heavy atom. The SMILES string of the molecule is COc1cc2c(=O)c(CC(=O)NCCN3CCOCC3)c(C)oc2c(C=O)c1O. The first-order valence-electron chi connectivity index (χ1n) is 9.34. The molecule has 1 aliphatic heterocycles. The van der Waals surface area contributed by atoms with Crippen molar-refractivity contribution in [3.63, 3.8) is 0 Å². The molecule has 1 amide bonds. The first-order chi connectivity index (χ1) is 14.0. The number of amides is 1. The number of aldehydes is 1. The number of benzene rings is 1. The molecule has 2 aromatic rings. The molecule has 9 heteroatoms. The van der Waals surface area contributed by atoms with Crippen LogP contribution in [0.1, 0.15) is 21.7 Å². The van der Waals surface area contributed by atoms with Crippen molar-refractivity contribution in [2.75, 3.05) is 46.5 Å². The molecule has 0 bridgehead atoms. The van der Waals surface area contributed by atoms with Gasteiger partial charge in [0.05, 0.1) is 32.1 Å². The normalized spacial score (nSPS) is 14.7. The molecule has 0 unspecified atom stereocenters. The van der Waals surface area contributed by atoms with Crippen LogP contribution in [0.2, 0.25) is 0 Å². The smallest absolute Gasteiger partial charge is 0.224 e. The van der Waals surface area contributed by atoms with Gasteiger partial charge in [-0.05, 0) is 13.0 Å². The number of nitrogens with zero attached hydrogens (tertiary/aromatic N) is 1. The second-order valence-electron chi connectivity index (χ2n) is 6.78. The first-order valence-corrected chi connectivity index (χ1v) is 9.34. The van der Waals surface area contributed by atoms with Crippen molar-refractivity contribution >= 4 is 23.2 Å². The number of aryl methyl sites for hydroxylation is 1. The van der Waals surface area contributed by atoms with Crippen LogP contribution in [0.15, 0.2) is 15.3 Å². The topological polar surface area (TPSA) is 118 Å². The summed E-state index contributed by atoms with van der Waals surface area (Å²) in [5.41, 5.74) is -0.433. The van der Waals surface area contributed by atoms with Gasteiger partial charge >= 0.3 is 0 Å². The Balaban J connectivity index is 1.80. The molecule has 1 fully saturated rings. The molecule has 9 nitrogen and oxygen atoms in total. The molecule has 2 N–H and O–H groups in total. The van der Waals surface area contributed by atoms with Gasteiger partial charge in [0.25, 0.3) is 0 Å². The largest absolute Gasteiger partial charge is 0.504 e. The Morgan fingerprint density at radius 1 is 1.38 bits per heavy atom. The molecule has 0 aliphatic carbocycles. The molecule has 0 spiro atoms. The van der Waals surface area contributed by atoms with Gasteiger partial charge in [-0.2, -0.15) is 0 Å². The summed E-state index contributed by atoms with van der Waals surface area (Å²) in [6.45, 7) is 5.76. The van der Waals surface area contributed by atoms with Crippen molar-refractivity contribution in [3.8, 4) is 11.5 Å². The van der Waals surface area contributed by atoms with Crippen molar-refractivity contribution in [2.24, 2.45) is 0 Å². The summed E-state index contributed by atoms with van der Waals surface area (Å²) in [5.74, 6) is -0.490. The summed E-state index contributed by atoms with van der Waals surface area (Å²) < 4.78 is 15.9. The summed E-state index contributed by atoms with van der Waals surface area (Å²) in [5, 5.41) is 13.0. The van der Waals surface area contributed by atoms with Crippen LogP contribution in [0, 0.1) is 6.92 Å². The van der Waals surface area contributed by atoms with Crippen LogP contribution in [-0.4, -0.2) is 68.7 Å². The molecule has 156 valence electrons. The third-order valence-electron chi connectivity index (χ3n) is 4.98. The fourth-order valence-corrected chi connectivity index (χ4v) is 3.34. The zero-order valence-electron chi connectivity index (χ0n) is 16.4. The van der Waals surface area contributed by atoms with E-state index in [0.717, 1.165) is 13.1 Å². The minimum Gasteiger partial charge on any atom is -0.504 e. The molecule has 1 aromatic heterocycles. The van der Waals surface area contributed by atoms with E-state index >= 15 is 0 Å². The van der Waals surface area contributed by atoms with Crippen molar-refractivity contribution in [1.82, 2.24) is 10.2 Å². The van der Waals surface area contributed by atoms with E-state index < -0.39 is 11.2 Å². The van der Waals surface area contributed by atoms with Gasteiger partial charge in [-0.1, -0.05) is 0 Å². The number of rotatable bonds is 7. The fraction of sp³-hybridized carbons (Fsp3) is 0.450. The van der Waals surface area contributed by atoms with Gasteiger partial charge in [0, 0.05) is 31.7 Å². The van der Waals surface area contributed by atoms with E-state index in [1.807, 2.05) is 0 Å². The molecule has 0 atom stereocenters. The Labute approximate surface area is 167 Å². The van der Waals surface area contributed by atoms with Gasteiger partial charge < -0.3 is 24.3 Å². The number of hydrogen-bond donors (Lipinski definition) is 2. The van der Waals surface area contributed by atoms with Crippen molar-refractivity contribution in [2.45, 2.75) is 13.3 Å². The lowest BCUT2D eigenvalue weighted by Crippen LogP contribution is -2.41. The lowest BCUT2D eigenvalue weighted by molar-refractivity contribution is -0.120. The van der Waals surface area contributed by atoms with Gasteiger partial charge in [-0.25, -0.2) is 0 Å². The lowest BCUT2D eigenvalue weighted by Gasteiger charge is -2.26. The monoisotopic (exact) mass is 404 g/mol. The quantitative estimate of drug-likeness (QED) is 0.645. The minimum absolute atomic E-state index is 0.0170. The molecule has 2 heterocycles. The number of fused-ring (bicyclic) bond motifs is 1. The van der Waals surface area contributed by atoms with E-state index in [1.54, 1.807) is 6.92 Å². The second-order valence-corrected chi connectivity index (χ2v) is 6.78. The average molecular weight is 404 g/mol. The highest BCUT2D eigenvalue weighted by atomic mass is 16.5. The predicted octanol–water partition coefficient (Wildman–Crippen LogP) is 0.619. The molecule has 1 aliphatic rings. The molecule has 29 heavy (non-hydrogen) atoms. The highest BCUT2D eigenvalue weighted by Gasteiger charge is 2.21. The zero-order valence-corrected chi connectivity index (χ0v) is 16.4. The van der Waals surface area contributed by atoms with Crippen molar-refractivity contribution in [1.29, 1.82) is 0 Å². The third-order valence-corrected chi connectivity index (χ3v) is 4.98. The lowest BCUT2D eigenvalue weighted by atomic mass is 10.0. The maximum Gasteiger partial charge on any atom is 0.224 e. The molecule has 1 saturated heterocycles.